The average Bonchev–Trinajstić information content (AvgIpc) is 3.56. The first-order chi connectivity index (χ1) is 16.4. The van der Waals surface area contributed by atoms with Gasteiger partial charge in [-0.15, -0.1) is 0 Å². The van der Waals surface area contributed by atoms with Gasteiger partial charge in [0.05, 0.1) is 11.1 Å². The Labute approximate surface area is 206 Å². The van der Waals surface area contributed by atoms with E-state index in [1.54, 1.807) is 23.1 Å². The van der Waals surface area contributed by atoms with Crippen LogP contribution in [0.15, 0.2) is 18.2 Å². The molecule has 3 fully saturated rings. The van der Waals surface area contributed by atoms with Crippen molar-refractivity contribution in [2.45, 2.75) is 44.2 Å². The number of fused-ring (bicyclic) bond motifs is 2. The van der Waals surface area contributed by atoms with Crippen molar-refractivity contribution in [3.05, 3.63) is 33.9 Å². The Balaban J connectivity index is 1.38. The first-order valence-corrected chi connectivity index (χ1v) is 12.4. The molecule has 10 heteroatoms. The first kappa shape index (κ1) is 23.0. The van der Waals surface area contributed by atoms with Crippen molar-refractivity contribution < 1.29 is 14.4 Å². The highest BCUT2D eigenvalue weighted by atomic mass is 35.5. The molecule has 1 aromatic carbocycles. The third-order valence-corrected chi connectivity index (χ3v) is 7.99. The van der Waals surface area contributed by atoms with Crippen molar-refractivity contribution in [3.63, 3.8) is 0 Å². The molecule has 0 spiro atoms. The van der Waals surface area contributed by atoms with Crippen LogP contribution in [-0.4, -0.2) is 52.8 Å². The van der Waals surface area contributed by atoms with Crippen molar-refractivity contribution >= 4 is 51.8 Å². The number of nitrogens with zero attached hydrogens (tertiary/aromatic N) is 2. The standard InChI is InChI=1S/C24H25Cl2N5O3/c25-14-7-18(26)17-9-20(30-19(17)8-14)24(34)31-11-13-2-1-3-16(13)21(31)23(33)29-15(10-27)6-12-4-5-28-22(12)32/h7-9,12-13,15-16,21,30H,1-6,11H2,(H,28,32)(H,29,33)/t12-,13-,15?,16-,21-/m0/s1. The number of aromatic nitrogens is 1. The highest BCUT2D eigenvalue weighted by molar-refractivity contribution is 6.38. The number of benzene rings is 1. The number of carbonyl (C=O) groups is 3. The molecule has 1 aliphatic carbocycles. The summed E-state index contributed by atoms with van der Waals surface area (Å²) < 4.78 is 0. The van der Waals surface area contributed by atoms with Crippen LogP contribution in [0.5, 0.6) is 0 Å². The van der Waals surface area contributed by atoms with Gasteiger partial charge < -0.3 is 20.5 Å². The SMILES string of the molecule is N#CC(C[C@@H]1CCNC1=O)NC(=O)[C@@H]1[C@H]2CCC[C@H]2CN1C(=O)c1cc2c(Cl)cc(Cl)cc2[nH]1. The maximum Gasteiger partial charge on any atom is 0.271 e. The Morgan fingerprint density at radius 2 is 2.06 bits per heavy atom. The molecule has 5 rings (SSSR count). The summed E-state index contributed by atoms with van der Waals surface area (Å²) in [6.07, 6.45) is 3.77. The van der Waals surface area contributed by atoms with Gasteiger partial charge in [0.1, 0.15) is 17.8 Å². The Hall–Kier alpha value is -2.76. The van der Waals surface area contributed by atoms with Gasteiger partial charge in [0.25, 0.3) is 5.91 Å². The smallest absolute Gasteiger partial charge is 0.271 e. The van der Waals surface area contributed by atoms with E-state index in [4.69, 9.17) is 23.2 Å². The molecule has 2 saturated heterocycles. The predicted molar refractivity (Wildman–Crippen MR) is 127 cm³/mol. The lowest BCUT2D eigenvalue weighted by atomic mass is 9.92. The monoisotopic (exact) mass is 501 g/mol. The van der Waals surface area contributed by atoms with E-state index in [0.717, 1.165) is 19.3 Å². The molecule has 2 aliphatic heterocycles. The van der Waals surface area contributed by atoms with Crippen molar-refractivity contribution in [2.75, 3.05) is 13.1 Å². The van der Waals surface area contributed by atoms with E-state index < -0.39 is 12.1 Å². The van der Waals surface area contributed by atoms with Crippen LogP contribution in [0, 0.1) is 29.1 Å². The number of hydrogen-bond acceptors (Lipinski definition) is 4. The maximum absolute atomic E-state index is 13.6. The molecule has 1 unspecified atom stereocenters. The van der Waals surface area contributed by atoms with Crippen LogP contribution in [0.1, 0.15) is 42.6 Å². The summed E-state index contributed by atoms with van der Waals surface area (Å²) in [5, 5.41) is 16.8. The largest absolute Gasteiger partial charge is 0.356 e. The van der Waals surface area contributed by atoms with Crippen LogP contribution in [0.3, 0.4) is 0 Å². The molecule has 3 amide bonds. The van der Waals surface area contributed by atoms with Gasteiger partial charge in [0.15, 0.2) is 0 Å². The van der Waals surface area contributed by atoms with Crippen molar-refractivity contribution in [1.29, 1.82) is 5.26 Å². The second kappa shape index (κ2) is 9.12. The molecule has 1 aromatic heterocycles. The van der Waals surface area contributed by atoms with Gasteiger partial charge in [-0.25, -0.2) is 0 Å². The lowest BCUT2D eigenvalue weighted by molar-refractivity contribution is -0.127. The van der Waals surface area contributed by atoms with E-state index in [-0.39, 0.29) is 41.9 Å². The summed E-state index contributed by atoms with van der Waals surface area (Å²) in [5.41, 5.74) is 0.997. The molecular formula is C24H25Cl2N5O3. The Kier molecular flexibility index (Phi) is 6.17. The van der Waals surface area contributed by atoms with Gasteiger partial charge >= 0.3 is 0 Å². The molecule has 0 bridgehead atoms. The van der Waals surface area contributed by atoms with Crippen molar-refractivity contribution in [2.24, 2.45) is 17.8 Å². The Bertz CT molecular complexity index is 1210. The minimum absolute atomic E-state index is 0.0560. The minimum atomic E-state index is -0.784. The van der Waals surface area contributed by atoms with Gasteiger partial charge in [-0.05, 0) is 55.7 Å². The minimum Gasteiger partial charge on any atom is -0.356 e. The molecule has 178 valence electrons. The van der Waals surface area contributed by atoms with Crippen LogP contribution in [-0.2, 0) is 9.59 Å². The number of hydrogen-bond donors (Lipinski definition) is 3. The third-order valence-electron chi connectivity index (χ3n) is 7.46. The number of amides is 3. The fourth-order valence-electron chi connectivity index (χ4n) is 5.84. The number of rotatable bonds is 5. The molecule has 0 radical (unpaired) electrons. The lowest BCUT2D eigenvalue weighted by Gasteiger charge is -2.28. The number of H-pyrrole nitrogens is 1. The zero-order valence-corrected chi connectivity index (χ0v) is 20.0. The molecule has 5 atom stereocenters. The van der Waals surface area contributed by atoms with E-state index in [1.807, 2.05) is 0 Å². The van der Waals surface area contributed by atoms with E-state index in [2.05, 4.69) is 21.7 Å². The maximum atomic E-state index is 13.6. The summed E-state index contributed by atoms with van der Waals surface area (Å²) in [4.78, 5) is 43.6. The van der Waals surface area contributed by atoms with Gasteiger partial charge in [-0.1, -0.05) is 29.6 Å². The number of nitriles is 1. The zero-order valence-electron chi connectivity index (χ0n) is 18.4. The summed E-state index contributed by atoms with van der Waals surface area (Å²) in [5.74, 6) is -0.663. The summed E-state index contributed by atoms with van der Waals surface area (Å²) in [6, 6.07) is 5.70. The van der Waals surface area contributed by atoms with Crippen LogP contribution < -0.4 is 10.6 Å². The van der Waals surface area contributed by atoms with E-state index >= 15 is 0 Å². The van der Waals surface area contributed by atoms with Crippen LogP contribution in [0.4, 0.5) is 0 Å². The van der Waals surface area contributed by atoms with Gasteiger partial charge in [0, 0.05) is 34.9 Å². The topological polar surface area (TPSA) is 118 Å². The second-order valence-electron chi connectivity index (χ2n) is 9.49. The first-order valence-electron chi connectivity index (χ1n) is 11.6. The van der Waals surface area contributed by atoms with E-state index in [0.29, 0.717) is 46.2 Å². The normalized spacial score (nSPS) is 26.9. The molecule has 34 heavy (non-hydrogen) atoms. The van der Waals surface area contributed by atoms with Crippen LogP contribution >= 0.6 is 23.2 Å². The summed E-state index contributed by atoms with van der Waals surface area (Å²) in [7, 11) is 0. The van der Waals surface area contributed by atoms with Gasteiger partial charge in [0.2, 0.25) is 11.8 Å². The van der Waals surface area contributed by atoms with Gasteiger partial charge in [-0.3, -0.25) is 14.4 Å². The Morgan fingerprint density at radius 1 is 1.24 bits per heavy atom. The zero-order chi connectivity index (χ0) is 24.0. The molecule has 2 aromatic rings. The lowest BCUT2D eigenvalue weighted by Crippen LogP contribution is -2.51. The fraction of sp³-hybridized carbons (Fsp3) is 0.500. The number of nitrogens with one attached hydrogen (secondary N) is 3. The van der Waals surface area contributed by atoms with Crippen LogP contribution in [0.2, 0.25) is 10.0 Å². The molecule has 1 saturated carbocycles. The fourth-order valence-corrected chi connectivity index (χ4v) is 6.38. The summed E-state index contributed by atoms with van der Waals surface area (Å²) >= 11 is 12.4. The van der Waals surface area contributed by atoms with Gasteiger partial charge in [-0.2, -0.15) is 5.26 Å². The van der Waals surface area contributed by atoms with E-state index in [9.17, 15) is 19.6 Å². The highest BCUT2D eigenvalue weighted by Gasteiger charge is 2.50. The number of carbonyl (C=O) groups excluding carboxylic acids is 3. The molecule has 3 heterocycles. The number of likely N-dealkylation sites (tertiary alicyclic amines) is 1. The number of halogens is 2. The molecule has 3 aliphatic rings. The van der Waals surface area contributed by atoms with Crippen molar-refractivity contribution in [1.82, 2.24) is 20.5 Å². The summed E-state index contributed by atoms with van der Waals surface area (Å²) in [6.45, 7) is 1.08. The van der Waals surface area contributed by atoms with Crippen LogP contribution in [0.25, 0.3) is 10.9 Å². The third kappa shape index (κ3) is 4.12. The van der Waals surface area contributed by atoms with E-state index in [1.165, 1.54) is 0 Å². The second-order valence-corrected chi connectivity index (χ2v) is 10.3. The number of aromatic amines is 1. The molecule has 3 N–H and O–H groups in total. The Morgan fingerprint density at radius 3 is 2.79 bits per heavy atom. The molecular weight excluding hydrogens is 477 g/mol. The quantitative estimate of drug-likeness (QED) is 0.582. The predicted octanol–water partition coefficient (Wildman–Crippen LogP) is 3.25. The molecule has 8 nitrogen and oxygen atoms in total. The van der Waals surface area contributed by atoms with Crippen molar-refractivity contribution in [3.8, 4) is 6.07 Å². The average molecular weight is 502 g/mol. The highest BCUT2D eigenvalue weighted by Crippen LogP contribution is 2.43.